The molecular formula is C20H26N2O2. The molecule has 1 aromatic carbocycles. The molecule has 24 heavy (non-hydrogen) atoms. The van der Waals surface area contributed by atoms with Crippen LogP contribution in [0.3, 0.4) is 0 Å². The summed E-state index contributed by atoms with van der Waals surface area (Å²) < 4.78 is 5.75. The highest BCUT2D eigenvalue weighted by atomic mass is 16.3. The zero-order chi connectivity index (χ0) is 16.4. The number of rotatable bonds is 4. The van der Waals surface area contributed by atoms with Gasteiger partial charge in [0, 0.05) is 25.4 Å². The smallest absolute Gasteiger partial charge is 0.222 e. The molecule has 1 saturated carbocycles. The molecule has 128 valence electrons. The summed E-state index contributed by atoms with van der Waals surface area (Å²) in [5.74, 6) is 1.84. The highest BCUT2D eigenvalue weighted by Gasteiger charge is 2.35. The van der Waals surface area contributed by atoms with Gasteiger partial charge in [-0.15, -0.1) is 0 Å². The SMILES string of the molecule is O=C(CCCc1nc2ccccc2o1)N1CCC[C@H]2CCCC[C@@H]21. The van der Waals surface area contributed by atoms with E-state index in [1.165, 1.54) is 38.5 Å². The van der Waals surface area contributed by atoms with Gasteiger partial charge in [-0.05, 0) is 50.2 Å². The Morgan fingerprint density at radius 3 is 2.92 bits per heavy atom. The topological polar surface area (TPSA) is 46.3 Å². The Hall–Kier alpha value is -1.84. The first-order chi connectivity index (χ1) is 11.8. The molecule has 0 spiro atoms. The molecule has 0 bridgehead atoms. The summed E-state index contributed by atoms with van der Waals surface area (Å²) in [7, 11) is 0. The number of fused-ring (bicyclic) bond motifs is 2. The highest BCUT2D eigenvalue weighted by molar-refractivity contribution is 5.76. The van der Waals surface area contributed by atoms with Crippen molar-refractivity contribution >= 4 is 17.0 Å². The van der Waals surface area contributed by atoms with Crippen molar-refractivity contribution in [2.24, 2.45) is 5.92 Å². The van der Waals surface area contributed by atoms with Crippen molar-refractivity contribution in [3.05, 3.63) is 30.2 Å². The zero-order valence-electron chi connectivity index (χ0n) is 14.2. The van der Waals surface area contributed by atoms with E-state index in [1.807, 2.05) is 24.3 Å². The van der Waals surface area contributed by atoms with Crippen LogP contribution in [-0.2, 0) is 11.2 Å². The van der Waals surface area contributed by atoms with Gasteiger partial charge in [-0.25, -0.2) is 4.98 Å². The number of hydrogen-bond donors (Lipinski definition) is 0. The monoisotopic (exact) mass is 326 g/mol. The predicted octanol–water partition coefficient (Wildman–Crippen LogP) is 4.33. The number of oxazole rings is 1. The number of para-hydroxylation sites is 2. The number of benzene rings is 1. The van der Waals surface area contributed by atoms with E-state index in [2.05, 4.69) is 9.88 Å². The Balaban J connectivity index is 1.32. The second kappa shape index (κ2) is 6.96. The lowest BCUT2D eigenvalue weighted by Gasteiger charge is -2.44. The third-order valence-corrected chi connectivity index (χ3v) is 5.68. The first-order valence-corrected chi connectivity index (χ1v) is 9.45. The van der Waals surface area contributed by atoms with Crippen LogP contribution in [0.2, 0.25) is 0 Å². The van der Waals surface area contributed by atoms with Gasteiger partial charge in [0.15, 0.2) is 11.5 Å². The van der Waals surface area contributed by atoms with Crippen molar-refractivity contribution in [1.29, 1.82) is 0 Å². The number of aromatic nitrogens is 1. The lowest BCUT2D eigenvalue weighted by molar-refractivity contribution is -0.137. The highest BCUT2D eigenvalue weighted by Crippen LogP contribution is 2.35. The van der Waals surface area contributed by atoms with Gasteiger partial charge in [0.05, 0.1) is 0 Å². The van der Waals surface area contributed by atoms with Gasteiger partial charge in [-0.3, -0.25) is 4.79 Å². The molecule has 1 aliphatic carbocycles. The number of piperidine rings is 1. The predicted molar refractivity (Wildman–Crippen MR) is 93.6 cm³/mol. The average Bonchev–Trinajstić information content (AvgIpc) is 3.04. The number of carbonyl (C=O) groups is 1. The largest absolute Gasteiger partial charge is 0.441 e. The summed E-state index contributed by atoms with van der Waals surface area (Å²) >= 11 is 0. The van der Waals surface area contributed by atoms with Gasteiger partial charge in [0.1, 0.15) is 5.52 Å². The summed E-state index contributed by atoms with van der Waals surface area (Å²) in [6.07, 6.45) is 9.83. The number of carbonyl (C=O) groups excluding carboxylic acids is 1. The molecule has 2 fully saturated rings. The molecule has 1 aliphatic heterocycles. The molecule has 2 aromatic rings. The van der Waals surface area contributed by atoms with Crippen LogP contribution in [0.5, 0.6) is 0 Å². The van der Waals surface area contributed by atoms with Gasteiger partial charge in [0.25, 0.3) is 0 Å². The number of nitrogens with zero attached hydrogens (tertiary/aromatic N) is 2. The Bertz CT molecular complexity index is 673. The van der Waals surface area contributed by atoms with Gasteiger partial charge in [-0.2, -0.15) is 0 Å². The van der Waals surface area contributed by atoms with E-state index in [0.29, 0.717) is 18.4 Å². The van der Waals surface area contributed by atoms with Crippen LogP contribution in [0, 0.1) is 5.92 Å². The molecule has 2 aliphatic rings. The van der Waals surface area contributed by atoms with Crippen molar-refractivity contribution in [1.82, 2.24) is 9.88 Å². The molecule has 1 aromatic heterocycles. The van der Waals surface area contributed by atoms with Crippen LogP contribution >= 0.6 is 0 Å². The van der Waals surface area contributed by atoms with E-state index < -0.39 is 0 Å². The van der Waals surface area contributed by atoms with Gasteiger partial charge < -0.3 is 9.32 Å². The molecule has 4 heteroatoms. The van der Waals surface area contributed by atoms with E-state index in [9.17, 15) is 4.79 Å². The van der Waals surface area contributed by atoms with E-state index >= 15 is 0 Å². The first-order valence-electron chi connectivity index (χ1n) is 9.45. The summed E-state index contributed by atoms with van der Waals surface area (Å²) in [5.41, 5.74) is 1.74. The minimum atomic E-state index is 0.336. The van der Waals surface area contributed by atoms with Gasteiger partial charge in [0.2, 0.25) is 5.91 Å². The Morgan fingerprint density at radius 1 is 1.17 bits per heavy atom. The van der Waals surface area contributed by atoms with E-state index in [0.717, 1.165) is 42.3 Å². The first kappa shape index (κ1) is 15.7. The minimum Gasteiger partial charge on any atom is -0.441 e. The molecule has 1 saturated heterocycles. The second-order valence-electron chi connectivity index (χ2n) is 7.27. The maximum absolute atomic E-state index is 12.7. The Labute approximate surface area is 143 Å². The number of hydrogen-bond acceptors (Lipinski definition) is 3. The summed E-state index contributed by atoms with van der Waals surface area (Å²) in [4.78, 5) is 19.4. The Morgan fingerprint density at radius 2 is 2.00 bits per heavy atom. The zero-order valence-corrected chi connectivity index (χ0v) is 14.2. The quantitative estimate of drug-likeness (QED) is 0.840. The van der Waals surface area contributed by atoms with Crippen LogP contribution in [0.25, 0.3) is 11.1 Å². The normalized spacial score (nSPS) is 24.1. The molecule has 2 heterocycles. The number of likely N-dealkylation sites (tertiary alicyclic amines) is 1. The van der Waals surface area contributed by atoms with Crippen molar-refractivity contribution in [3.8, 4) is 0 Å². The molecule has 0 N–H and O–H groups in total. The summed E-state index contributed by atoms with van der Waals surface area (Å²) in [6, 6.07) is 8.34. The van der Waals surface area contributed by atoms with Gasteiger partial charge in [-0.1, -0.05) is 25.0 Å². The van der Waals surface area contributed by atoms with Crippen LogP contribution in [0.15, 0.2) is 28.7 Å². The second-order valence-corrected chi connectivity index (χ2v) is 7.27. The molecular weight excluding hydrogens is 300 g/mol. The molecule has 0 radical (unpaired) electrons. The fourth-order valence-corrected chi connectivity index (χ4v) is 4.50. The molecule has 4 rings (SSSR count). The maximum atomic E-state index is 12.7. The average molecular weight is 326 g/mol. The summed E-state index contributed by atoms with van der Waals surface area (Å²) in [6.45, 7) is 0.961. The molecule has 0 unspecified atom stereocenters. The third-order valence-electron chi connectivity index (χ3n) is 5.68. The van der Waals surface area contributed by atoms with Crippen LogP contribution in [-0.4, -0.2) is 28.4 Å². The number of aryl methyl sites for hydroxylation is 1. The van der Waals surface area contributed by atoms with Crippen molar-refractivity contribution in [3.63, 3.8) is 0 Å². The van der Waals surface area contributed by atoms with Crippen molar-refractivity contribution in [2.75, 3.05) is 6.54 Å². The van der Waals surface area contributed by atoms with Crippen LogP contribution in [0.1, 0.15) is 57.3 Å². The van der Waals surface area contributed by atoms with Crippen LogP contribution in [0.4, 0.5) is 0 Å². The molecule has 4 nitrogen and oxygen atoms in total. The van der Waals surface area contributed by atoms with E-state index in [4.69, 9.17) is 4.42 Å². The third kappa shape index (κ3) is 3.19. The maximum Gasteiger partial charge on any atom is 0.222 e. The van der Waals surface area contributed by atoms with Crippen molar-refractivity contribution < 1.29 is 9.21 Å². The fraction of sp³-hybridized carbons (Fsp3) is 0.600. The lowest BCUT2D eigenvalue weighted by atomic mass is 9.78. The van der Waals surface area contributed by atoms with Crippen molar-refractivity contribution in [2.45, 2.75) is 63.8 Å². The molecule has 1 amide bonds. The summed E-state index contributed by atoms with van der Waals surface area (Å²) in [5, 5.41) is 0. The fourth-order valence-electron chi connectivity index (χ4n) is 4.50. The Kier molecular flexibility index (Phi) is 4.54. The molecule has 2 atom stereocenters. The van der Waals surface area contributed by atoms with Gasteiger partial charge >= 0.3 is 0 Å². The van der Waals surface area contributed by atoms with Crippen LogP contribution < -0.4 is 0 Å². The minimum absolute atomic E-state index is 0.336. The standard InChI is InChI=1S/C20H26N2O2/c23-20(22-14-6-8-15-7-1-3-10-17(15)22)13-5-12-19-21-16-9-2-4-11-18(16)24-19/h2,4,9,11,15,17H,1,3,5-8,10,12-14H2/t15-,17+/m1/s1. The van der Waals surface area contributed by atoms with E-state index in [1.54, 1.807) is 0 Å². The lowest BCUT2D eigenvalue weighted by Crippen LogP contribution is -2.49. The van der Waals surface area contributed by atoms with E-state index in [-0.39, 0.29) is 0 Å². The number of amides is 1.